The van der Waals surface area contributed by atoms with Crippen molar-refractivity contribution in [3.05, 3.63) is 23.8 Å². The average Bonchev–Trinajstić information content (AvgIpc) is 2.70. The minimum absolute atomic E-state index is 0.142. The van der Waals surface area contributed by atoms with Crippen LogP contribution in [-0.4, -0.2) is 24.8 Å². The van der Waals surface area contributed by atoms with Crippen LogP contribution in [0.15, 0.2) is 23.8 Å². The highest BCUT2D eigenvalue weighted by Crippen LogP contribution is 2.56. The standard InChI is InChI=1S/C25H40O4/c1-16-8-9-21-19(4)25(6,17(2)15-20(21)14-16)13-12-24(5)11-10-22(28-29-24)18(3)23(26)27-7/h14,17-18,20-22H,4,8-13,15H2,1-3,5-7H3. The van der Waals surface area contributed by atoms with Gasteiger partial charge >= 0.3 is 5.97 Å². The molecule has 0 N–H and O–H groups in total. The van der Waals surface area contributed by atoms with E-state index in [1.165, 1.54) is 31.9 Å². The molecule has 7 unspecified atom stereocenters. The Kier molecular flexibility index (Phi) is 6.65. The quantitative estimate of drug-likeness (QED) is 0.319. The van der Waals surface area contributed by atoms with Gasteiger partial charge in [-0.2, -0.15) is 0 Å². The first-order valence-electron chi connectivity index (χ1n) is 11.4. The van der Waals surface area contributed by atoms with Crippen LogP contribution in [-0.2, 0) is 19.3 Å². The number of allylic oxidation sites excluding steroid dienone is 3. The summed E-state index contributed by atoms with van der Waals surface area (Å²) in [5.41, 5.74) is 2.83. The SMILES string of the molecule is C=C1C2CCC(C)=CC2CC(C)C1(C)CCC1(C)CCC(C(C)C(=O)OC)OO1. The van der Waals surface area contributed by atoms with Gasteiger partial charge in [-0.1, -0.05) is 37.6 Å². The number of fused-ring (bicyclic) bond motifs is 1. The molecule has 0 aromatic heterocycles. The molecule has 7 atom stereocenters. The van der Waals surface area contributed by atoms with Crippen LogP contribution in [0.25, 0.3) is 0 Å². The molecule has 1 saturated carbocycles. The number of ether oxygens (including phenoxy) is 1. The zero-order valence-electron chi connectivity index (χ0n) is 19.3. The van der Waals surface area contributed by atoms with Crippen LogP contribution in [0, 0.1) is 29.1 Å². The second-order valence-corrected chi connectivity index (χ2v) is 10.4. The highest BCUT2D eigenvalue weighted by Gasteiger charge is 2.47. The van der Waals surface area contributed by atoms with Crippen LogP contribution in [0.3, 0.4) is 0 Å². The Morgan fingerprint density at radius 1 is 1.34 bits per heavy atom. The maximum atomic E-state index is 11.8. The van der Waals surface area contributed by atoms with Crippen molar-refractivity contribution in [3.8, 4) is 0 Å². The van der Waals surface area contributed by atoms with Gasteiger partial charge in [0, 0.05) is 0 Å². The van der Waals surface area contributed by atoms with Gasteiger partial charge in [-0.05, 0) is 88.9 Å². The first-order chi connectivity index (χ1) is 13.6. The van der Waals surface area contributed by atoms with Crippen molar-refractivity contribution in [1.82, 2.24) is 0 Å². The molecule has 0 bridgehead atoms. The van der Waals surface area contributed by atoms with E-state index in [1.54, 1.807) is 5.57 Å². The van der Waals surface area contributed by atoms with E-state index < -0.39 is 0 Å². The number of carbonyl (C=O) groups excluding carboxylic acids is 1. The molecule has 0 aromatic carbocycles. The highest BCUT2D eigenvalue weighted by atomic mass is 17.2. The molecule has 2 fully saturated rings. The third-order valence-corrected chi connectivity index (χ3v) is 8.39. The molecule has 0 spiro atoms. The average molecular weight is 405 g/mol. The van der Waals surface area contributed by atoms with E-state index in [4.69, 9.17) is 14.5 Å². The molecular weight excluding hydrogens is 364 g/mol. The topological polar surface area (TPSA) is 44.8 Å². The van der Waals surface area contributed by atoms with E-state index in [1.807, 2.05) is 6.92 Å². The summed E-state index contributed by atoms with van der Waals surface area (Å²) in [6, 6.07) is 0. The lowest BCUT2D eigenvalue weighted by Crippen LogP contribution is -2.45. The molecule has 1 saturated heterocycles. The minimum atomic E-state index is -0.310. The molecule has 3 rings (SSSR count). The molecule has 4 heteroatoms. The van der Waals surface area contributed by atoms with Crippen LogP contribution in [0.5, 0.6) is 0 Å². The highest BCUT2D eigenvalue weighted by molar-refractivity contribution is 5.72. The summed E-state index contributed by atoms with van der Waals surface area (Å²) in [5, 5.41) is 0. The van der Waals surface area contributed by atoms with Gasteiger partial charge in [0.1, 0.15) is 11.7 Å². The molecule has 2 aliphatic carbocycles. The smallest absolute Gasteiger partial charge is 0.311 e. The molecule has 29 heavy (non-hydrogen) atoms. The van der Waals surface area contributed by atoms with Crippen molar-refractivity contribution < 1.29 is 19.3 Å². The van der Waals surface area contributed by atoms with Crippen molar-refractivity contribution in [1.29, 1.82) is 0 Å². The van der Waals surface area contributed by atoms with E-state index in [0.29, 0.717) is 17.8 Å². The summed E-state index contributed by atoms with van der Waals surface area (Å²) in [5.74, 6) is 1.36. The third-order valence-electron chi connectivity index (χ3n) is 8.39. The molecule has 1 aliphatic heterocycles. The largest absolute Gasteiger partial charge is 0.469 e. The predicted octanol–water partition coefficient (Wildman–Crippen LogP) is 6.02. The lowest BCUT2D eigenvalue weighted by Gasteiger charge is -2.51. The van der Waals surface area contributed by atoms with E-state index in [9.17, 15) is 4.79 Å². The van der Waals surface area contributed by atoms with Crippen LogP contribution in [0.1, 0.15) is 79.6 Å². The number of esters is 1. The van der Waals surface area contributed by atoms with Gasteiger partial charge in [-0.15, -0.1) is 0 Å². The zero-order chi connectivity index (χ0) is 21.4. The Morgan fingerprint density at radius 3 is 2.69 bits per heavy atom. The predicted molar refractivity (Wildman–Crippen MR) is 115 cm³/mol. The molecule has 4 nitrogen and oxygen atoms in total. The summed E-state index contributed by atoms with van der Waals surface area (Å²) in [7, 11) is 1.42. The van der Waals surface area contributed by atoms with Crippen molar-refractivity contribution in [2.45, 2.75) is 91.3 Å². The normalized spacial score (nSPS) is 41.3. The third kappa shape index (κ3) is 4.49. The first-order valence-corrected chi connectivity index (χ1v) is 11.4. The van der Waals surface area contributed by atoms with Gasteiger partial charge in [0.15, 0.2) is 0 Å². The maximum Gasteiger partial charge on any atom is 0.311 e. The Balaban J connectivity index is 1.60. The number of hydrogen-bond donors (Lipinski definition) is 0. The van der Waals surface area contributed by atoms with Crippen LogP contribution in [0.4, 0.5) is 0 Å². The second-order valence-electron chi connectivity index (χ2n) is 10.4. The van der Waals surface area contributed by atoms with Crippen molar-refractivity contribution in [2.75, 3.05) is 7.11 Å². The van der Waals surface area contributed by atoms with Gasteiger partial charge < -0.3 is 4.74 Å². The Hall–Kier alpha value is -1.13. The number of hydrogen-bond acceptors (Lipinski definition) is 4. The van der Waals surface area contributed by atoms with Gasteiger partial charge in [0.25, 0.3) is 0 Å². The molecule has 164 valence electrons. The summed E-state index contributed by atoms with van der Waals surface area (Å²) < 4.78 is 4.84. The first kappa shape index (κ1) is 22.6. The van der Waals surface area contributed by atoms with E-state index in [0.717, 1.165) is 25.7 Å². The fourth-order valence-electron chi connectivity index (χ4n) is 5.72. The maximum absolute atomic E-state index is 11.8. The summed E-state index contributed by atoms with van der Waals surface area (Å²) in [6.45, 7) is 15.7. The molecule has 0 radical (unpaired) electrons. The van der Waals surface area contributed by atoms with Crippen molar-refractivity contribution >= 4 is 5.97 Å². The van der Waals surface area contributed by atoms with Crippen molar-refractivity contribution in [2.24, 2.45) is 29.1 Å². The minimum Gasteiger partial charge on any atom is -0.469 e. The number of carbonyl (C=O) groups is 1. The Bertz CT molecular complexity index is 658. The molecule has 3 aliphatic rings. The monoisotopic (exact) mass is 404 g/mol. The van der Waals surface area contributed by atoms with Gasteiger partial charge in [0.05, 0.1) is 13.0 Å². The van der Waals surface area contributed by atoms with Crippen LogP contribution >= 0.6 is 0 Å². The number of rotatable bonds is 5. The Labute approximate surface area is 177 Å². The molecule has 0 amide bonds. The molecule has 1 heterocycles. The van der Waals surface area contributed by atoms with E-state index in [2.05, 4.69) is 40.3 Å². The summed E-state index contributed by atoms with van der Waals surface area (Å²) in [6.07, 6.45) is 9.71. The molecular formula is C25H40O4. The van der Waals surface area contributed by atoms with Gasteiger partial charge in [-0.3, -0.25) is 4.79 Å². The second kappa shape index (κ2) is 8.55. The lowest BCUT2D eigenvalue weighted by molar-refractivity contribution is -0.411. The zero-order valence-corrected chi connectivity index (χ0v) is 19.3. The van der Waals surface area contributed by atoms with E-state index >= 15 is 0 Å². The fraction of sp³-hybridized carbons (Fsp3) is 0.800. The van der Waals surface area contributed by atoms with Crippen LogP contribution in [0.2, 0.25) is 0 Å². The Morgan fingerprint density at radius 2 is 2.07 bits per heavy atom. The lowest BCUT2D eigenvalue weighted by atomic mass is 9.54. The fourth-order valence-corrected chi connectivity index (χ4v) is 5.72. The summed E-state index contributed by atoms with van der Waals surface area (Å²) in [4.78, 5) is 23.3. The van der Waals surface area contributed by atoms with Gasteiger partial charge in [-0.25, -0.2) is 9.78 Å². The number of methoxy groups -OCH3 is 1. The molecule has 0 aromatic rings. The van der Waals surface area contributed by atoms with E-state index in [-0.39, 0.29) is 29.0 Å². The summed E-state index contributed by atoms with van der Waals surface area (Å²) >= 11 is 0. The van der Waals surface area contributed by atoms with Crippen LogP contribution < -0.4 is 0 Å². The van der Waals surface area contributed by atoms with Crippen molar-refractivity contribution in [3.63, 3.8) is 0 Å². The van der Waals surface area contributed by atoms with Gasteiger partial charge in [0.2, 0.25) is 0 Å².